The molecule has 0 bridgehead atoms. The van der Waals surface area contributed by atoms with Gasteiger partial charge in [0.15, 0.2) is 0 Å². The van der Waals surface area contributed by atoms with Gasteiger partial charge in [0.25, 0.3) is 0 Å². The molecule has 92 valence electrons. The first-order valence-electron chi connectivity index (χ1n) is 5.36. The molecule has 0 radical (unpaired) electrons. The van der Waals surface area contributed by atoms with Crippen LogP contribution in [-0.4, -0.2) is 5.91 Å². The average Bonchev–Trinajstić information content (AvgIpc) is 3.02. The Morgan fingerprint density at radius 3 is 2.53 bits per heavy atom. The van der Waals surface area contributed by atoms with Crippen molar-refractivity contribution < 1.29 is 18.0 Å². The van der Waals surface area contributed by atoms with Crippen LogP contribution in [0.1, 0.15) is 24.0 Å². The molecule has 1 aliphatic rings. The summed E-state index contributed by atoms with van der Waals surface area (Å²) >= 11 is 0. The summed E-state index contributed by atoms with van der Waals surface area (Å²) < 4.78 is 37.9. The average molecular weight is 243 g/mol. The lowest BCUT2D eigenvalue weighted by molar-refractivity contribution is -0.138. The number of carbonyl (C=O) groups is 1. The normalized spacial score (nSPS) is 15.8. The smallest absolute Gasteiger partial charge is 0.326 e. The topological polar surface area (TPSA) is 29.1 Å². The molecular weight excluding hydrogens is 231 g/mol. The Labute approximate surface area is 96.8 Å². The van der Waals surface area contributed by atoms with E-state index in [4.69, 9.17) is 0 Å². The lowest BCUT2D eigenvalue weighted by atomic mass is 10.1. The summed E-state index contributed by atoms with van der Waals surface area (Å²) in [4.78, 5) is 11.4. The molecule has 17 heavy (non-hydrogen) atoms. The SMILES string of the molecule is Cc1ccc(NC(=O)C2CC2)cc1C(F)(F)F. The Morgan fingerprint density at radius 2 is 2.00 bits per heavy atom. The number of nitrogens with one attached hydrogen (secondary N) is 1. The number of halogens is 3. The Kier molecular flexibility index (Phi) is 2.85. The summed E-state index contributed by atoms with van der Waals surface area (Å²) in [5.74, 6) is -0.215. The third-order valence-corrected chi connectivity index (χ3v) is 2.76. The molecule has 2 rings (SSSR count). The van der Waals surface area contributed by atoms with Gasteiger partial charge in [-0.3, -0.25) is 4.79 Å². The van der Waals surface area contributed by atoms with Gasteiger partial charge in [-0.1, -0.05) is 6.07 Å². The van der Waals surface area contributed by atoms with Crippen LogP contribution < -0.4 is 5.32 Å². The number of alkyl halides is 3. The fraction of sp³-hybridized carbons (Fsp3) is 0.417. The number of rotatable bonds is 2. The van der Waals surface area contributed by atoms with Crippen LogP contribution in [0.4, 0.5) is 18.9 Å². The zero-order valence-electron chi connectivity index (χ0n) is 9.27. The largest absolute Gasteiger partial charge is 0.416 e. The van der Waals surface area contributed by atoms with Gasteiger partial charge in [-0.25, -0.2) is 0 Å². The van der Waals surface area contributed by atoms with Crippen molar-refractivity contribution in [3.05, 3.63) is 29.3 Å². The van der Waals surface area contributed by atoms with Crippen LogP contribution in [-0.2, 0) is 11.0 Å². The minimum absolute atomic E-state index is 0.0226. The number of carbonyl (C=O) groups excluding carboxylic acids is 1. The second-order valence-corrected chi connectivity index (χ2v) is 4.29. The lowest BCUT2D eigenvalue weighted by Crippen LogP contribution is -2.15. The van der Waals surface area contributed by atoms with E-state index in [2.05, 4.69) is 5.32 Å². The molecule has 0 atom stereocenters. The van der Waals surface area contributed by atoms with Crippen molar-refractivity contribution in [1.29, 1.82) is 0 Å². The van der Waals surface area contributed by atoms with Crippen molar-refractivity contribution in [1.82, 2.24) is 0 Å². The molecule has 0 unspecified atom stereocenters. The quantitative estimate of drug-likeness (QED) is 0.847. The van der Waals surface area contributed by atoms with Gasteiger partial charge in [-0.2, -0.15) is 13.2 Å². The number of hydrogen-bond donors (Lipinski definition) is 1. The second-order valence-electron chi connectivity index (χ2n) is 4.29. The van der Waals surface area contributed by atoms with Crippen LogP contribution in [0, 0.1) is 12.8 Å². The van der Waals surface area contributed by atoms with Gasteiger partial charge in [0.05, 0.1) is 5.56 Å². The summed E-state index contributed by atoms with van der Waals surface area (Å²) in [6.07, 6.45) is -2.74. The van der Waals surface area contributed by atoms with Gasteiger partial charge in [0.2, 0.25) is 5.91 Å². The third-order valence-electron chi connectivity index (χ3n) is 2.76. The Balaban J connectivity index is 2.21. The van der Waals surface area contributed by atoms with Gasteiger partial charge in [-0.15, -0.1) is 0 Å². The van der Waals surface area contributed by atoms with Crippen molar-refractivity contribution in [2.75, 3.05) is 5.32 Å². The molecular formula is C12H12F3NO. The predicted molar refractivity (Wildman–Crippen MR) is 57.5 cm³/mol. The summed E-state index contributed by atoms with van der Waals surface area (Å²) in [5, 5.41) is 2.50. The van der Waals surface area contributed by atoms with Crippen molar-refractivity contribution in [3.8, 4) is 0 Å². The van der Waals surface area contributed by atoms with E-state index >= 15 is 0 Å². The zero-order chi connectivity index (χ0) is 12.6. The van der Waals surface area contributed by atoms with E-state index < -0.39 is 11.7 Å². The van der Waals surface area contributed by atoms with E-state index in [-0.39, 0.29) is 23.1 Å². The van der Waals surface area contributed by atoms with Crippen molar-refractivity contribution >= 4 is 11.6 Å². The Hall–Kier alpha value is -1.52. The van der Waals surface area contributed by atoms with Crippen molar-refractivity contribution in [3.63, 3.8) is 0 Å². The molecule has 5 heteroatoms. The molecule has 0 aliphatic heterocycles. The molecule has 0 spiro atoms. The minimum Gasteiger partial charge on any atom is -0.326 e. The highest BCUT2D eigenvalue weighted by molar-refractivity contribution is 5.94. The van der Waals surface area contributed by atoms with Gasteiger partial charge in [-0.05, 0) is 37.5 Å². The van der Waals surface area contributed by atoms with Crippen LogP contribution in [0.3, 0.4) is 0 Å². The standard InChI is InChI=1S/C12H12F3NO/c1-7-2-5-9(6-10(7)12(13,14)15)16-11(17)8-3-4-8/h2,5-6,8H,3-4H2,1H3,(H,16,17). The molecule has 1 aromatic carbocycles. The molecule has 1 saturated carbocycles. The first-order valence-corrected chi connectivity index (χ1v) is 5.36. The van der Waals surface area contributed by atoms with Crippen LogP contribution in [0.5, 0.6) is 0 Å². The van der Waals surface area contributed by atoms with Crippen molar-refractivity contribution in [2.24, 2.45) is 5.92 Å². The van der Waals surface area contributed by atoms with E-state index in [1.54, 1.807) is 0 Å². The number of amides is 1. The third kappa shape index (κ3) is 2.78. The lowest BCUT2D eigenvalue weighted by Gasteiger charge is -2.12. The predicted octanol–water partition coefficient (Wildman–Crippen LogP) is 3.36. The summed E-state index contributed by atoms with van der Waals surface area (Å²) in [5.41, 5.74) is -0.340. The number of benzene rings is 1. The highest BCUT2D eigenvalue weighted by atomic mass is 19.4. The van der Waals surface area contributed by atoms with Crippen LogP contribution in [0.15, 0.2) is 18.2 Å². The van der Waals surface area contributed by atoms with Gasteiger partial charge >= 0.3 is 6.18 Å². The molecule has 1 aliphatic carbocycles. The van der Waals surface area contributed by atoms with Crippen molar-refractivity contribution in [2.45, 2.75) is 25.9 Å². The van der Waals surface area contributed by atoms with E-state index in [0.717, 1.165) is 18.9 Å². The molecule has 0 heterocycles. The Bertz CT molecular complexity index is 450. The molecule has 2 nitrogen and oxygen atoms in total. The van der Waals surface area contributed by atoms with Gasteiger partial charge < -0.3 is 5.32 Å². The maximum Gasteiger partial charge on any atom is 0.416 e. The molecule has 1 fully saturated rings. The highest BCUT2D eigenvalue weighted by Gasteiger charge is 2.33. The molecule has 1 aromatic rings. The first-order chi connectivity index (χ1) is 7.88. The molecule has 0 aromatic heterocycles. The van der Waals surface area contributed by atoms with E-state index in [9.17, 15) is 18.0 Å². The maximum absolute atomic E-state index is 12.6. The number of aryl methyl sites for hydroxylation is 1. The summed E-state index contributed by atoms with van der Waals surface area (Å²) in [7, 11) is 0. The summed E-state index contributed by atoms with van der Waals surface area (Å²) in [6, 6.07) is 3.84. The molecule has 1 amide bonds. The Morgan fingerprint density at radius 1 is 1.35 bits per heavy atom. The van der Waals surface area contributed by atoms with Crippen LogP contribution >= 0.6 is 0 Å². The summed E-state index contributed by atoms with van der Waals surface area (Å²) in [6.45, 7) is 1.40. The van der Waals surface area contributed by atoms with Crippen LogP contribution in [0.25, 0.3) is 0 Å². The zero-order valence-corrected chi connectivity index (χ0v) is 9.27. The molecule has 1 N–H and O–H groups in total. The monoisotopic (exact) mass is 243 g/mol. The minimum atomic E-state index is -4.38. The van der Waals surface area contributed by atoms with Crippen LogP contribution in [0.2, 0.25) is 0 Å². The molecule has 0 saturated heterocycles. The van der Waals surface area contributed by atoms with Gasteiger partial charge in [0, 0.05) is 11.6 Å². The second kappa shape index (κ2) is 4.05. The fourth-order valence-electron chi connectivity index (χ4n) is 1.60. The highest BCUT2D eigenvalue weighted by Crippen LogP contribution is 2.34. The van der Waals surface area contributed by atoms with E-state index in [1.165, 1.54) is 19.1 Å². The van der Waals surface area contributed by atoms with E-state index in [1.807, 2.05) is 0 Å². The number of anilines is 1. The maximum atomic E-state index is 12.6. The first kappa shape index (κ1) is 12.0. The van der Waals surface area contributed by atoms with E-state index in [0.29, 0.717) is 0 Å². The van der Waals surface area contributed by atoms with Gasteiger partial charge in [0.1, 0.15) is 0 Å². The number of hydrogen-bond acceptors (Lipinski definition) is 1. The fourth-order valence-corrected chi connectivity index (χ4v) is 1.60.